The predicted molar refractivity (Wildman–Crippen MR) is 75.0 cm³/mol. The lowest BCUT2D eigenvalue weighted by atomic mass is 9.91. The fourth-order valence-corrected chi connectivity index (χ4v) is 1.87. The Morgan fingerprint density at radius 1 is 1.35 bits per heavy atom. The number of nitrogens with two attached hydrogens (primary N) is 1. The fraction of sp³-hybridized carbons (Fsp3) is 0.714. The largest absolute Gasteiger partial charge is 0.464 e. The van der Waals surface area contributed by atoms with Crippen LogP contribution in [-0.4, -0.2) is 42.8 Å². The maximum absolute atomic E-state index is 12.3. The molecule has 1 heterocycles. The number of rotatable bonds is 5. The zero-order valence-electron chi connectivity index (χ0n) is 12.6. The minimum atomic E-state index is -1.79. The molecule has 0 aromatic heterocycles. The van der Waals surface area contributed by atoms with Crippen molar-refractivity contribution in [2.45, 2.75) is 45.3 Å². The maximum atomic E-state index is 12.3. The quantitative estimate of drug-likeness (QED) is 0.434. The molecule has 1 rings (SSSR count). The molecule has 1 aliphatic rings. The van der Waals surface area contributed by atoms with Crippen LogP contribution in [0.15, 0.2) is 11.6 Å². The third kappa shape index (κ3) is 4.31. The number of ether oxygens (including phenoxy) is 2. The Morgan fingerprint density at radius 3 is 2.45 bits per heavy atom. The summed E-state index contributed by atoms with van der Waals surface area (Å²) in [5, 5.41) is 3.10. The Bertz CT molecular complexity index is 412. The molecule has 1 aliphatic heterocycles. The first kappa shape index (κ1) is 16.7. The van der Waals surface area contributed by atoms with Crippen molar-refractivity contribution in [1.29, 1.82) is 0 Å². The Labute approximate surface area is 119 Å². The molecule has 6 heteroatoms. The zero-order valence-corrected chi connectivity index (χ0v) is 12.6. The molecule has 0 bridgehead atoms. The molecule has 0 radical (unpaired) electrons. The lowest BCUT2D eigenvalue weighted by molar-refractivity contribution is -0.171. The third-order valence-corrected chi connectivity index (χ3v) is 2.80. The number of carbonyl (C=O) groups excluding carboxylic acids is 2. The summed E-state index contributed by atoms with van der Waals surface area (Å²) in [5.74, 6) is -1.50. The molecule has 114 valence electrons. The molecule has 0 fully saturated rings. The van der Waals surface area contributed by atoms with E-state index in [9.17, 15) is 9.59 Å². The van der Waals surface area contributed by atoms with Crippen LogP contribution in [0, 0.1) is 0 Å². The van der Waals surface area contributed by atoms with Crippen molar-refractivity contribution in [2.75, 3.05) is 19.7 Å². The van der Waals surface area contributed by atoms with Crippen molar-refractivity contribution < 1.29 is 19.1 Å². The van der Waals surface area contributed by atoms with Gasteiger partial charge in [0.1, 0.15) is 5.60 Å². The predicted octanol–water partition coefficient (Wildman–Crippen LogP) is 0.508. The van der Waals surface area contributed by atoms with E-state index in [0.29, 0.717) is 13.1 Å². The van der Waals surface area contributed by atoms with E-state index in [0.717, 1.165) is 5.57 Å². The Kier molecular flexibility index (Phi) is 5.30. The molecule has 0 saturated heterocycles. The summed E-state index contributed by atoms with van der Waals surface area (Å²) in [7, 11) is 0. The average Bonchev–Trinajstić information content (AvgIpc) is 2.79. The van der Waals surface area contributed by atoms with Gasteiger partial charge in [-0.15, -0.1) is 0 Å². The van der Waals surface area contributed by atoms with Gasteiger partial charge in [-0.2, -0.15) is 0 Å². The van der Waals surface area contributed by atoms with E-state index >= 15 is 0 Å². The van der Waals surface area contributed by atoms with E-state index in [2.05, 4.69) is 5.32 Å². The van der Waals surface area contributed by atoms with E-state index in [4.69, 9.17) is 15.2 Å². The SMILES string of the molecule is CCOC(=O)C(N)(CC1=CCNC1)C(=O)OC(C)(C)C. The van der Waals surface area contributed by atoms with Crippen molar-refractivity contribution in [3.05, 3.63) is 11.6 Å². The van der Waals surface area contributed by atoms with Crippen molar-refractivity contribution in [3.8, 4) is 0 Å². The smallest absolute Gasteiger partial charge is 0.338 e. The van der Waals surface area contributed by atoms with Gasteiger partial charge in [0, 0.05) is 19.5 Å². The first-order valence-corrected chi connectivity index (χ1v) is 6.77. The molecule has 6 nitrogen and oxygen atoms in total. The van der Waals surface area contributed by atoms with Crippen LogP contribution < -0.4 is 11.1 Å². The van der Waals surface area contributed by atoms with Crippen LogP contribution in [0.3, 0.4) is 0 Å². The first-order chi connectivity index (χ1) is 9.19. The van der Waals surface area contributed by atoms with E-state index in [1.54, 1.807) is 27.7 Å². The highest BCUT2D eigenvalue weighted by molar-refractivity contribution is 6.05. The van der Waals surface area contributed by atoms with Gasteiger partial charge in [0.25, 0.3) is 0 Å². The number of hydrogen-bond acceptors (Lipinski definition) is 6. The normalized spacial score (nSPS) is 18.1. The second-order valence-electron chi connectivity index (χ2n) is 5.86. The highest BCUT2D eigenvalue weighted by atomic mass is 16.6. The van der Waals surface area contributed by atoms with Gasteiger partial charge in [-0.3, -0.25) is 0 Å². The van der Waals surface area contributed by atoms with Gasteiger partial charge >= 0.3 is 11.9 Å². The molecule has 0 saturated carbocycles. The zero-order chi connectivity index (χ0) is 15.4. The topological polar surface area (TPSA) is 90.6 Å². The summed E-state index contributed by atoms with van der Waals surface area (Å²) in [6, 6.07) is 0. The summed E-state index contributed by atoms with van der Waals surface area (Å²) < 4.78 is 10.2. The lowest BCUT2D eigenvalue weighted by Crippen LogP contribution is -2.58. The average molecular weight is 284 g/mol. The van der Waals surface area contributed by atoms with Gasteiger partial charge in [0.05, 0.1) is 6.61 Å². The van der Waals surface area contributed by atoms with E-state index in [-0.39, 0.29) is 13.0 Å². The Balaban J connectivity index is 2.93. The minimum absolute atomic E-state index is 0.105. The van der Waals surface area contributed by atoms with Gasteiger partial charge in [0.15, 0.2) is 0 Å². The van der Waals surface area contributed by atoms with Crippen molar-refractivity contribution in [1.82, 2.24) is 5.32 Å². The summed E-state index contributed by atoms with van der Waals surface area (Å²) in [5.41, 5.74) is 4.45. The first-order valence-electron chi connectivity index (χ1n) is 6.77. The van der Waals surface area contributed by atoms with Gasteiger partial charge < -0.3 is 20.5 Å². The van der Waals surface area contributed by atoms with Gasteiger partial charge in [-0.1, -0.05) is 11.6 Å². The number of carbonyl (C=O) groups is 2. The summed E-state index contributed by atoms with van der Waals surface area (Å²) >= 11 is 0. The Morgan fingerprint density at radius 2 is 2.00 bits per heavy atom. The lowest BCUT2D eigenvalue weighted by Gasteiger charge is -2.29. The van der Waals surface area contributed by atoms with Gasteiger partial charge in [0.2, 0.25) is 5.54 Å². The molecule has 0 amide bonds. The standard InChI is InChI=1S/C14H24N2O4/c1-5-19-11(17)14(15,8-10-6-7-16-9-10)12(18)20-13(2,3)4/h6,16H,5,7-9,15H2,1-4H3. The molecular weight excluding hydrogens is 260 g/mol. The Hall–Kier alpha value is -1.40. The minimum Gasteiger partial charge on any atom is -0.464 e. The van der Waals surface area contributed by atoms with E-state index in [1.807, 2.05) is 6.08 Å². The fourth-order valence-electron chi connectivity index (χ4n) is 1.87. The third-order valence-electron chi connectivity index (χ3n) is 2.80. The van der Waals surface area contributed by atoms with E-state index in [1.165, 1.54) is 0 Å². The molecule has 20 heavy (non-hydrogen) atoms. The van der Waals surface area contributed by atoms with Crippen LogP contribution in [0.5, 0.6) is 0 Å². The highest BCUT2D eigenvalue weighted by Crippen LogP contribution is 2.22. The van der Waals surface area contributed by atoms with Crippen LogP contribution in [0.25, 0.3) is 0 Å². The summed E-state index contributed by atoms with van der Waals surface area (Å²) in [6.45, 7) is 8.35. The molecule has 0 aliphatic carbocycles. The van der Waals surface area contributed by atoms with Crippen LogP contribution >= 0.6 is 0 Å². The van der Waals surface area contributed by atoms with Crippen LogP contribution in [0.2, 0.25) is 0 Å². The molecule has 0 spiro atoms. The van der Waals surface area contributed by atoms with Gasteiger partial charge in [-0.05, 0) is 27.7 Å². The second kappa shape index (κ2) is 6.37. The van der Waals surface area contributed by atoms with Gasteiger partial charge in [-0.25, -0.2) is 9.59 Å². The van der Waals surface area contributed by atoms with Crippen molar-refractivity contribution in [2.24, 2.45) is 5.73 Å². The van der Waals surface area contributed by atoms with Crippen LogP contribution in [-0.2, 0) is 19.1 Å². The molecule has 1 atom stereocenters. The van der Waals surface area contributed by atoms with Crippen LogP contribution in [0.1, 0.15) is 34.1 Å². The summed E-state index contributed by atoms with van der Waals surface area (Å²) in [6.07, 6.45) is 2.03. The molecule has 0 aromatic carbocycles. The van der Waals surface area contributed by atoms with Crippen LogP contribution in [0.4, 0.5) is 0 Å². The number of esters is 2. The van der Waals surface area contributed by atoms with Crippen molar-refractivity contribution >= 4 is 11.9 Å². The number of nitrogens with one attached hydrogen (secondary N) is 1. The second-order valence-corrected chi connectivity index (χ2v) is 5.86. The monoisotopic (exact) mass is 284 g/mol. The highest BCUT2D eigenvalue weighted by Gasteiger charge is 2.47. The molecule has 0 aromatic rings. The molecular formula is C14H24N2O4. The van der Waals surface area contributed by atoms with E-state index < -0.39 is 23.1 Å². The summed E-state index contributed by atoms with van der Waals surface area (Å²) in [4.78, 5) is 24.4. The van der Waals surface area contributed by atoms with Crippen molar-refractivity contribution in [3.63, 3.8) is 0 Å². The number of hydrogen-bond donors (Lipinski definition) is 2. The maximum Gasteiger partial charge on any atom is 0.338 e. The molecule has 3 N–H and O–H groups in total. The molecule has 1 unspecified atom stereocenters.